The van der Waals surface area contributed by atoms with Crippen molar-refractivity contribution in [2.75, 3.05) is 12.4 Å². The highest BCUT2D eigenvalue weighted by atomic mass is 32.2. The lowest BCUT2D eigenvalue weighted by molar-refractivity contribution is 0.0526. The Morgan fingerprint density at radius 3 is 2.14 bits per heavy atom. The van der Waals surface area contributed by atoms with Crippen molar-refractivity contribution in [3.05, 3.63) is 34.4 Å². The third-order valence-corrected chi connectivity index (χ3v) is 3.60. The molecule has 0 unspecified atom stereocenters. The van der Waals surface area contributed by atoms with Crippen LogP contribution >= 0.6 is 0 Å². The minimum Gasteiger partial charge on any atom is -0.461 e. The van der Waals surface area contributed by atoms with E-state index in [4.69, 9.17) is 32.8 Å². The average molecular weight is 302 g/mol. The van der Waals surface area contributed by atoms with E-state index in [1.165, 1.54) is 0 Å². The van der Waals surface area contributed by atoms with Gasteiger partial charge in [-0.2, -0.15) is 8.42 Å². The molecule has 1 rings (SSSR count). The molecule has 21 heavy (non-hydrogen) atoms. The number of hydrogen-bond acceptors (Lipinski definition) is 4. The summed E-state index contributed by atoms with van der Waals surface area (Å²) in [6, 6.07) is 3.39. The maximum absolute atomic E-state index is 12.1. The molecular formula is C12H13B3O5S. The van der Waals surface area contributed by atoms with Gasteiger partial charge in [0, 0.05) is 0 Å². The van der Waals surface area contributed by atoms with Gasteiger partial charge in [0.25, 0.3) is 10.1 Å². The minimum absolute atomic E-state index is 0.0725. The van der Waals surface area contributed by atoms with Crippen molar-refractivity contribution < 1.29 is 22.5 Å². The summed E-state index contributed by atoms with van der Waals surface area (Å²) in [6.07, 6.45) is 0.367. The van der Waals surface area contributed by atoms with E-state index in [9.17, 15) is 13.2 Å². The van der Waals surface area contributed by atoms with Gasteiger partial charge in [0.05, 0.1) is 29.1 Å². The van der Waals surface area contributed by atoms with Gasteiger partial charge in [0.15, 0.2) is 0 Å². The lowest BCUT2D eigenvalue weighted by atomic mass is 9.80. The quantitative estimate of drug-likeness (QED) is 0.426. The molecule has 0 bridgehead atoms. The largest absolute Gasteiger partial charge is 0.461 e. The van der Waals surface area contributed by atoms with Crippen molar-refractivity contribution in [2.45, 2.75) is 19.0 Å². The molecule has 0 heterocycles. The monoisotopic (exact) mass is 302 g/mol. The maximum atomic E-state index is 12.1. The molecule has 0 aromatic heterocycles. The van der Waals surface area contributed by atoms with Gasteiger partial charge in [0.2, 0.25) is 0 Å². The molecule has 0 aliphatic carbocycles. The first-order valence-electron chi connectivity index (χ1n) is 6.20. The number of rotatable bonds is 7. The number of benzene rings is 1. The Balaban J connectivity index is 3.06. The van der Waals surface area contributed by atoms with Crippen LogP contribution in [0.3, 0.4) is 0 Å². The van der Waals surface area contributed by atoms with Crippen LogP contribution in [0.5, 0.6) is 0 Å². The minimum atomic E-state index is -4.19. The fourth-order valence-corrected chi connectivity index (χ4v) is 2.19. The summed E-state index contributed by atoms with van der Waals surface area (Å²) in [5, 5.41) is 0. The van der Waals surface area contributed by atoms with Gasteiger partial charge in [-0.15, -0.1) is 0 Å². The number of hydrogen-bond donors (Lipinski definition) is 1. The van der Waals surface area contributed by atoms with Gasteiger partial charge < -0.3 is 4.74 Å². The van der Waals surface area contributed by atoms with Crippen LogP contribution in [0.4, 0.5) is 0 Å². The summed E-state index contributed by atoms with van der Waals surface area (Å²) in [4.78, 5) is 12.1. The zero-order valence-electron chi connectivity index (χ0n) is 11.4. The second kappa shape index (κ2) is 7.70. The second-order valence-corrected chi connectivity index (χ2v) is 5.84. The summed E-state index contributed by atoms with van der Waals surface area (Å²) < 4.78 is 34.7. The van der Waals surface area contributed by atoms with Crippen LogP contribution in [-0.4, -0.2) is 54.8 Å². The SMILES string of the molecule is [B]Cc1ccc(C[B])c(C(=O)OCCS(=O)(=O)O)c1C[B]. The Labute approximate surface area is 128 Å². The normalized spacial score (nSPS) is 11.3. The lowest BCUT2D eigenvalue weighted by Gasteiger charge is -2.16. The van der Waals surface area contributed by atoms with Crippen molar-refractivity contribution in [3.63, 3.8) is 0 Å². The molecule has 5 nitrogen and oxygen atoms in total. The van der Waals surface area contributed by atoms with E-state index < -0.39 is 28.4 Å². The Bertz CT molecular complexity index is 616. The Hall–Kier alpha value is -1.21. The van der Waals surface area contributed by atoms with Crippen LogP contribution in [0.15, 0.2) is 12.1 Å². The van der Waals surface area contributed by atoms with E-state index in [2.05, 4.69) is 0 Å². The molecular weight excluding hydrogens is 289 g/mol. The topological polar surface area (TPSA) is 80.7 Å². The Morgan fingerprint density at radius 1 is 1.10 bits per heavy atom. The van der Waals surface area contributed by atoms with Crippen molar-refractivity contribution in [1.82, 2.24) is 0 Å². The number of carbonyl (C=O) groups excluding carboxylic acids is 1. The van der Waals surface area contributed by atoms with E-state index in [0.717, 1.165) is 0 Å². The standard InChI is InChI=1S/C12H13B3O5S/c13-5-8-1-2-9(6-14)11(10(8)7-15)12(16)20-3-4-21(17,18)19/h1-2H,3-7H2,(H,17,18,19). The third-order valence-electron chi connectivity index (χ3n) is 2.92. The predicted molar refractivity (Wildman–Crippen MR) is 81.5 cm³/mol. The molecule has 6 radical (unpaired) electrons. The molecule has 0 amide bonds. The summed E-state index contributed by atoms with van der Waals surface area (Å²) >= 11 is 0. The molecule has 106 valence electrons. The smallest absolute Gasteiger partial charge is 0.338 e. The van der Waals surface area contributed by atoms with Crippen molar-refractivity contribution >= 4 is 39.6 Å². The van der Waals surface area contributed by atoms with Crippen LogP contribution in [0.2, 0.25) is 0 Å². The molecule has 0 aliphatic heterocycles. The maximum Gasteiger partial charge on any atom is 0.338 e. The molecule has 1 aromatic rings. The molecule has 9 heteroatoms. The van der Waals surface area contributed by atoms with Gasteiger partial charge in [0.1, 0.15) is 12.4 Å². The fourth-order valence-electron chi connectivity index (χ4n) is 1.90. The van der Waals surface area contributed by atoms with Gasteiger partial charge in [-0.25, -0.2) is 4.79 Å². The van der Waals surface area contributed by atoms with E-state index in [0.29, 0.717) is 16.7 Å². The van der Waals surface area contributed by atoms with Crippen molar-refractivity contribution in [2.24, 2.45) is 0 Å². The van der Waals surface area contributed by atoms with Crippen molar-refractivity contribution in [3.8, 4) is 0 Å². The summed E-state index contributed by atoms with van der Waals surface area (Å²) in [5.74, 6) is -1.42. The molecule has 1 aromatic carbocycles. The Kier molecular flexibility index (Phi) is 6.55. The van der Waals surface area contributed by atoms with E-state index in [1.54, 1.807) is 12.1 Å². The number of esters is 1. The molecule has 0 aliphatic rings. The fraction of sp³-hybridized carbons (Fsp3) is 0.417. The number of carbonyl (C=O) groups is 1. The zero-order chi connectivity index (χ0) is 16.0. The third kappa shape index (κ3) is 4.93. The highest BCUT2D eigenvalue weighted by molar-refractivity contribution is 7.85. The Morgan fingerprint density at radius 2 is 1.67 bits per heavy atom. The van der Waals surface area contributed by atoms with Gasteiger partial charge in [-0.3, -0.25) is 4.55 Å². The molecule has 1 N–H and O–H groups in total. The molecule has 0 atom stereocenters. The first kappa shape index (κ1) is 17.8. The highest BCUT2D eigenvalue weighted by Gasteiger charge is 2.19. The predicted octanol–water partition coefficient (Wildman–Crippen LogP) is -0.263. The van der Waals surface area contributed by atoms with E-state index >= 15 is 0 Å². The molecule has 0 fully saturated rings. The van der Waals surface area contributed by atoms with Crippen molar-refractivity contribution in [1.29, 1.82) is 0 Å². The number of ether oxygens (including phenoxy) is 1. The first-order chi connectivity index (χ1) is 9.84. The lowest BCUT2D eigenvalue weighted by Crippen LogP contribution is -2.18. The second-order valence-electron chi connectivity index (χ2n) is 4.27. The van der Waals surface area contributed by atoms with Crippen LogP contribution in [0.25, 0.3) is 0 Å². The van der Waals surface area contributed by atoms with Gasteiger partial charge in [-0.1, -0.05) is 36.7 Å². The van der Waals surface area contributed by atoms with Crippen LogP contribution in [0, 0.1) is 0 Å². The van der Waals surface area contributed by atoms with Crippen LogP contribution < -0.4 is 0 Å². The molecule has 0 saturated carbocycles. The van der Waals surface area contributed by atoms with E-state index in [1.807, 2.05) is 0 Å². The summed E-state index contributed by atoms with van der Waals surface area (Å²) in [6.45, 7) is -0.460. The summed E-state index contributed by atoms with van der Waals surface area (Å²) in [7, 11) is 12.6. The van der Waals surface area contributed by atoms with E-state index in [-0.39, 0.29) is 24.5 Å². The average Bonchev–Trinajstić information content (AvgIpc) is 2.43. The molecule has 0 saturated heterocycles. The highest BCUT2D eigenvalue weighted by Crippen LogP contribution is 2.21. The zero-order valence-corrected chi connectivity index (χ0v) is 12.2. The summed E-state index contributed by atoms with van der Waals surface area (Å²) in [5.41, 5.74) is 1.96. The van der Waals surface area contributed by atoms with Gasteiger partial charge in [-0.05, 0) is 11.1 Å². The van der Waals surface area contributed by atoms with Crippen LogP contribution in [-0.2, 0) is 33.8 Å². The van der Waals surface area contributed by atoms with Gasteiger partial charge >= 0.3 is 5.97 Å². The van der Waals surface area contributed by atoms with Crippen LogP contribution in [0.1, 0.15) is 27.0 Å². The first-order valence-corrected chi connectivity index (χ1v) is 7.81. The molecule has 0 spiro atoms.